The van der Waals surface area contributed by atoms with Gasteiger partial charge < -0.3 is 28.8 Å². The molecule has 0 aromatic rings. The first-order chi connectivity index (χ1) is 36.0. The van der Waals surface area contributed by atoms with E-state index in [4.69, 9.17) is 9.05 Å². The number of phosphoric acid groups is 1. The molecule has 0 spiro atoms. The fourth-order valence-corrected chi connectivity index (χ4v) is 9.27. The van der Waals surface area contributed by atoms with Crippen LogP contribution in [0, 0.1) is 0 Å². The van der Waals surface area contributed by atoms with E-state index in [1.54, 1.807) is 6.08 Å². The van der Waals surface area contributed by atoms with Crippen molar-refractivity contribution in [3.8, 4) is 0 Å². The molecule has 0 aromatic carbocycles. The van der Waals surface area contributed by atoms with Crippen LogP contribution in [0.1, 0.15) is 258 Å². The largest absolute Gasteiger partial charge is 0.756 e. The Morgan fingerprint density at radius 3 is 1.20 bits per heavy atom. The molecular formula is C65H117N2O6P. The van der Waals surface area contributed by atoms with Gasteiger partial charge in [-0.1, -0.05) is 272 Å². The van der Waals surface area contributed by atoms with E-state index in [9.17, 15) is 19.4 Å². The number of hydrogen-bond acceptors (Lipinski definition) is 6. The maximum absolute atomic E-state index is 13.0. The summed E-state index contributed by atoms with van der Waals surface area (Å²) in [5.41, 5.74) is 0. The molecule has 428 valence electrons. The van der Waals surface area contributed by atoms with Gasteiger partial charge >= 0.3 is 0 Å². The van der Waals surface area contributed by atoms with Crippen molar-refractivity contribution in [2.24, 2.45) is 0 Å². The number of carbonyl (C=O) groups excluding carboxylic acids is 1. The maximum Gasteiger partial charge on any atom is 0.268 e. The average molecular weight is 1050 g/mol. The number of hydrogen-bond donors (Lipinski definition) is 2. The fraction of sp³-hybridized carbons (Fsp3) is 0.738. The molecule has 0 fully saturated rings. The Labute approximate surface area is 458 Å². The SMILES string of the molecule is CC/C=C\C/C=C\C/C=C\C/C=C\C/C=C\C/C=C\C/C=C\CCCCCCCCCCCCCC(=O)NC(COP(=O)([O-])OCC[N+](C)(C)C)C(O)/C=C/CCCCCCCCCCCCCCCCCCC. The quantitative estimate of drug-likeness (QED) is 0.0272. The molecule has 9 heteroatoms. The van der Waals surface area contributed by atoms with Crippen LogP contribution >= 0.6 is 7.82 Å². The van der Waals surface area contributed by atoms with E-state index in [0.29, 0.717) is 17.4 Å². The van der Waals surface area contributed by atoms with Crippen molar-refractivity contribution in [2.75, 3.05) is 40.9 Å². The van der Waals surface area contributed by atoms with Crippen molar-refractivity contribution in [2.45, 2.75) is 270 Å². The highest BCUT2D eigenvalue weighted by Crippen LogP contribution is 2.38. The smallest absolute Gasteiger partial charge is 0.268 e. The predicted octanol–water partition coefficient (Wildman–Crippen LogP) is 18.4. The molecule has 1 amide bonds. The number of quaternary nitrogens is 1. The number of amides is 1. The molecular weight excluding hydrogens is 936 g/mol. The van der Waals surface area contributed by atoms with E-state index in [1.165, 1.54) is 154 Å². The molecule has 0 radical (unpaired) electrons. The number of likely N-dealkylation sites (N-methyl/N-ethyl adjacent to an activating group) is 1. The van der Waals surface area contributed by atoms with Crippen LogP contribution in [-0.4, -0.2) is 68.5 Å². The summed E-state index contributed by atoms with van der Waals surface area (Å²) in [6.07, 6.45) is 79.1. The zero-order valence-corrected chi connectivity index (χ0v) is 49.7. The summed E-state index contributed by atoms with van der Waals surface area (Å²) in [6, 6.07) is -0.894. The fourth-order valence-electron chi connectivity index (χ4n) is 8.55. The lowest BCUT2D eigenvalue weighted by atomic mass is 10.0. The van der Waals surface area contributed by atoms with Gasteiger partial charge in [-0.2, -0.15) is 0 Å². The van der Waals surface area contributed by atoms with Crippen molar-refractivity contribution < 1.29 is 32.9 Å². The summed E-state index contributed by atoms with van der Waals surface area (Å²) in [5.74, 6) is -0.203. The van der Waals surface area contributed by atoms with Crippen LogP contribution in [-0.2, 0) is 18.4 Å². The van der Waals surface area contributed by atoms with E-state index in [-0.39, 0.29) is 19.1 Å². The first-order valence-electron chi connectivity index (χ1n) is 30.6. The molecule has 0 aliphatic rings. The summed E-state index contributed by atoms with van der Waals surface area (Å²) in [7, 11) is 1.25. The van der Waals surface area contributed by atoms with Gasteiger partial charge in [0.15, 0.2) is 0 Å². The molecule has 3 atom stereocenters. The van der Waals surface area contributed by atoms with E-state index < -0.39 is 20.0 Å². The molecule has 0 saturated carbocycles. The zero-order valence-electron chi connectivity index (χ0n) is 48.8. The lowest BCUT2D eigenvalue weighted by Gasteiger charge is -2.29. The molecule has 0 aliphatic heterocycles. The molecule has 0 bridgehead atoms. The lowest BCUT2D eigenvalue weighted by Crippen LogP contribution is -2.45. The minimum absolute atomic E-state index is 0.00510. The van der Waals surface area contributed by atoms with Crippen molar-refractivity contribution >= 4 is 13.7 Å². The Morgan fingerprint density at radius 1 is 0.486 bits per heavy atom. The highest BCUT2D eigenvalue weighted by Gasteiger charge is 2.23. The Morgan fingerprint density at radius 2 is 0.824 bits per heavy atom. The van der Waals surface area contributed by atoms with Gasteiger partial charge in [-0.25, -0.2) is 0 Å². The Balaban J connectivity index is 4.17. The number of aliphatic hydroxyl groups excluding tert-OH is 1. The highest BCUT2D eigenvalue weighted by molar-refractivity contribution is 7.45. The van der Waals surface area contributed by atoms with Crippen molar-refractivity contribution in [1.82, 2.24) is 5.32 Å². The van der Waals surface area contributed by atoms with Gasteiger partial charge in [-0.3, -0.25) is 9.36 Å². The number of unbranched alkanes of at least 4 members (excludes halogenated alkanes) is 28. The summed E-state index contributed by atoms with van der Waals surface area (Å²) < 4.78 is 23.4. The average Bonchev–Trinajstić information content (AvgIpc) is 3.36. The van der Waals surface area contributed by atoms with E-state index in [0.717, 1.165) is 83.5 Å². The minimum atomic E-state index is -4.60. The molecule has 3 unspecified atom stereocenters. The summed E-state index contributed by atoms with van der Waals surface area (Å²) in [5, 5.41) is 13.9. The molecule has 0 aromatic heterocycles. The standard InChI is InChI=1S/C65H117N2O6P/c1-6-8-10-12-14-16-18-20-22-24-26-27-28-29-30-31-32-33-34-35-36-37-38-39-41-43-45-47-49-51-53-55-57-59-65(69)66-63(62-73-74(70,71)72-61-60-67(3,4)5)64(68)58-56-54-52-50-48-46-44-42-40-25-23-21-19-17-15-13-11-9-7-2/h8,10,14,16,20,22,26-27,29-30,32-33,35-36,56,58,63-64,68H,6-7,9,11-13,15,17-19,21,23-25,28,31,34,37-55,57,59-62H2,1-5H3,(H-,66,69,70,71)/b10-8-,16-14-,22-20-,27-26-,30-29-,33-32-,36-35-,58-56+. The lowest BCUT2D eigenvalue weighted by molar-refractivity contribution is -0.870. The van der Waals surface area contributed by atoms with Crippen LogP contribution in [0.2, 0.25) is 0 Å². The van der Waals surface area contributed by atoms with Crippen molar-refractivity contribution in [3.05, 3.63) is 97.2 Å². The second kappa shape index (κ2) is 55.2. The van der Waals surface area contributed by atoms with Crippen LogP contribution in [0.4, 0.5) is 0 Å². The molecule has 8 nitrogen and oxygen atoms in total. The Hall–Kier alpha value is -2.58. The van der Waals surface area contributed by atoms with Crippen LogP contribution < -0.4 is 10.2 Å². The van der Waals surface area contributed by atoms with Crippen LogP contribution in [0.25, 0.3) is 0 Å². The summed E-state index contributed by atoms with van der Waals surface area (Å²) in [4.78, 5) is 25.5. The minimum Gasteiger partial charge on any atom is -0.756 e. The normalized spacial score (nSPS) is 14.5. The third kappa shape index (κ3) is 57.1. The molecule has 0 heterocycles. The highest BCUT2D eigenvalue weighted by atomic mass is 31.2. The topological polar surface area (TPSA) is 108 Å². The van der Waals surface area contributed by atoms with Gasteiger partial charge in [0.25, 0.3) is 7.82 Å². The predicted molar refractivity (Wildman–Crippen MR) is 320 cm³/mol. The molecule has 0 rings (SSSR count). The van der Waals surface area contributed by atoms with E-state index >= 15 is 0 Å². The number of phosphoric ester groups is 1. The van der Waals surface area contributed by atoms with Gasteiger partial charge in [-0.05, 0) is 77.0 Å². The molecule has 0 aliphatic carbocycles. The van der Waals surface area contributed by atoms with Gasteiger partial charge in [-0.15, -0.1) is 0 Å². The molecule has 0 saturated heterocycles. The second-order valence-electron chi connectivity index (χ2n) is 21.7. The number of rotatable bonds is 55. The maximum atomic E-state index is 13.0. The summed E-state index contributed by atoms with van der Waals surface area (Å²) in [6.45, 7) is 4.54. The molecule has 2 N–H and O–H groups in total. The van der Waals surface area contributed by atoms with Gasteiger partial charge in [0, 0.05) is 6.42 Å². The second-order valence-corrected chi connectivity index (χ2v) is 23.1. The van der Waals surface area contributed by atoms with Gasteiger partial charge in [0.05, 0.1) is 39.9 Å². The Bertz CT molecular complexity index is 1520. The number of nitrogens with zero attached hydrogens (tertiary/aromatic N) is 1. The number of nitrogens with one attached hydrogen (secondary N) is 1. The third-order valence-corrected chi connectivity index (χ3v) is 14.3. The van der Waals surface area contributed by atoms with Crippen LogP contribution in [0.15, 0.2) is 97.2 Å². The van der Waals surface area contributed by atoms with Crippen molar-refractivity contribution in [3.63, 3.8) is 0 Å². The number of carbonyl (C=O) groups is 1. The first-order valence-corrected chi connectivity index (χ1v) is 32.1. The van der Waals surface area contributed by atoms with Gasteiger partial charge in [0.2, 0.25) is 5.91 Å². The number of allylic oxidation sites excluding steroid dienone is 15. The molecule has 74 heavy (non-hydrogen) atoms. The van der Waals surface area contributed by atoms with Crippen molar-refractivity contribution in [1.29, 1.82) is 0 Å². The first kappa shape index (κ1) is 71.4. The monoisotopic (exact) mass is 1050 g/mol. The Kier molecular flexibility index (Phi) is 53.3. The zero-order chi connectivity index (χ0) is 54.2. The summed E-state index contributed by atoms with van der Waals surface area (Å²) >= 11 is 0. The van der Waals surface area contributed by atoms with E-state index in [1.807, 2.05) is 27.2 Å². The van der Waals surface area contributed by atoms with Crippen LogP contribution in [0.3, 0.4) is 0 Å². The number of aliphatic hydroxyl groups is 1. The van der Waals surface area contributed by atoms with Gasteiger partial charge in [0.1, 0.15) is 13.2 Å². The van der Waals surface area contributed by atoms with E-state index in [2.05, 4.69) is 104 Å². The van der Waals surface area contributed by atoms with Crippen LogP contribution in [0.5, 0.6) is 0 Å². The third-order valence-electron chi connectivity index (χ3n) is 13.3.